The van der Waals surface area contributed by atoms with Crippen LogP contribution in [0.4, 0.5) is 4.39 Å². The van der Waals surface area contributed by atoms with Crippen LogP contribution in [0.3, 0.4) is 0 Å². The minimum atomic E-state index is -0.253. The normalized spacial score (nSPS) is 24.9. The van der Waals surface area contributed by atoms with Crippen LogP contribution < -0.4 is 0 Å². The molecule has 2 atom stereocenters. The molecule has 1 aliphatic heterocycles. The molecule has 1 saturated carbocycles. The molecule has 118 valence electrons. The van der Waals surface area contributed by atoms with Gasteiger partial charge >= 0.3 is 5.97 Å². The van der Waals surface area contributed by atoms with Crippen molar-refractivity contribution >= 4 is 11.9 Å². The molecule has 0 spiro atoms. The van der Waals surface area contributed by atoms with E-state index in [0.29, 0.717) is 25.9 Å². The lowest BCUT2D eigenvalue weighted by Crippen LogP contribution is -2.41. The molecule has 0 aromatic heterocycles. The highest BCUT2D eigenvalue weighted by Crippen LogP contribution is 2.48. The number of likely N-dealkylation sites (tertiary alicyclic amines) is 1. The second-order valence-corrected chi connectivity index (χ2v) is 6.12. The molecule has 22 heavy (non-hydrogen) atoms. The maximum atomic E-state index is 12.9. The number of carbonyl (C=O) groups excluding carboxylic acids is 2. The molecule has 5 heteroatoms. The van der Waals surface area contributed by atoms with E-state index in [1.807, 2.05) is 4.90 Å². The van der Waals surface area contributed by atoms with Gasteiger partial charge in [-0.15, -0.1) is 0 Å². The largest absolute Gasteiger partial charge is 0.469 e. The van der Waals surface area contributed by atoms with Crippen LogP contribution in [0.2, 0.25) is 0 Å². The van der Waals surface area contributed by atoms with Gasteiger partial charge in [-0.05, 0) is 42.9 Å². The van der Waals surface area contributed by atoms with Crippen molar-refractivity contribution in [2.24, 2.45) is 11.8 Å². The number of esters is 1. The van der Waals surface area contributed by atoms with Crippen molar-refractivity contribution in [3.63, 3.8) is 0 Å². The number of amides is 1. The van der Waals surface area contributed by atoms with Crippen molar-refractivity contribution in [1.82, 2.24) is 4.90 Å². The van der Waals surface area contributed by atoms with E-state index in [-0.39, 0.29) is 35.4 Å². The molecule has 0 radical (unpaired) electrons. The van der Waals surface area contributed by atoms with Gasteiger partial charge in [-0.2, -0.15) is 0 Å². The minimum absolute atomic E-state index is 0.0140. The molecule has 2 aliphatic rings. The van der Waals surface area contributed by atoms with Crippen LogP contribution in [0.25, 0.3) is 0 Å². The smallest absolute Gasteiger partial charge is 0.308 e. The highest BCUT2D eigenvalue weighted by Gasteiger charge is 2.46. The van der Waals surface area contributed by atoms with Crippen molar-refractivity contribution in [3.05, 3.63) is 35.6 Å². The van der Waals surface area contributed by atoms with Crippen molar-refractivity contribution in [2.75, 3.05) is 20.2 Å². The van der Waals surface area contributed by atoms with Gasteiger partial charge in [-0.1, -0.05) is 12.1 Å². The summed E-state index contributed by atoms with van der Waals surface area (Å²) in [5.41, 5.74) is 1.03. The van der Waals surface area contributed by atoms with E-state index in [2.05, 4.69) is 0 Å². The van der Waals surface area contributed by atoms with Crippen LogP contribution in [-0.4, -0.2) is 37.0 Å². The van der Waals surface area contributed by atoms with E-state index < -0.39 is 0 Å². The monoisotopic (exact) mass is 305 g/mol. The Hall–Kier alpha value is -1.91. The Morgan fingerprint density at radius 2 is 1.82 bits per heavy atom. The predicted octanol–water partition coefficient (Wildman–Crippen LogP) is 2.34. The Kier molecular flexibility index (Phi) is 4.14. The molecule has 1 aromatic carbocycles. The van der Waals surface area contributed by atoms with Crippen LogP contribution in [0.1, 0.15) is 30.7 Å². The molecule has 1 saturated heterocycles. The first-order chi connectivity index (χ1) is 10.6. The van der Waals surface area contributed by atoms with E-state index in [4.69, 9.17) is 4.74 Å². The van der Waals surface area contributed by atoms with Crippen LogP contribution in [0.5, 0.6) is 0 Å². The van der Waals surface area contributed by atoms with Gasteiger partial charge in [0.25, 0.3) is 0 Å². The molecular formula is C17H20FNO3. The minimum Gasteiger partial charge on any atom is -0.469 e. The van der Waals surface area contributed by atoms with Crippen LogP contribution in [0.15, 0.2) is 24.3 Å². The summed E-state index contributed by atoms with van der Waals surface area (Å²) in [5, 5.41) is 0. The highest BCUT2D eigenvalue weighted by molar-refractivity contribution is 5.83. The predicted molar refractivity (Wildman–Crippen MR) is 78.6 cm³/mol. The number of ether oxygens (including phenoxy) is 1. The fourth-order valence-corrected chi connectivity index (χ4v) is 3.28. The summed E-state index contributed by atoms with van der Waals surface area (Å²) >= 11 is 0. The summed E-state index contributed by atoms with van der Waals surface area (Å²) in [6.45, 7) is 1.23. The van der Waals surface area contributed by atoms with E-state index in [9.17, 15) is 14.0 Å². The molecule has 1 aromatic rings. The maximum Gasteiger partial charge on any atom is 0.308 e. The van der Waals surface area contributed by atoms with E-state index in [1.54, 1.807) is 12.1 Å². The molecular weight excluding hydrogens is 285 g/mol. The van der Waals surface area contributed by atoms with E-state index >= 15 is 0 Å². The first-order valence-corrected chi connectivity index (χ1v) is 7.72. The summed E-state index contributed by atoms with van der Waals surface area (Å²) in [6.07, 6.45) is 2.18. The number of methoxy groups -OCH3 is 1. The number of nitrogens with zero attached hydrogens (tertiary/aromatic N) is 1. The Labute approximate surface area is 129 Å². The number of hydrogen-bond acceptors (Lipinski definition) is 3. The third-order valence-electron chi connectivity index (χ3n) is 4.75. The zero-order valence-electron chi connectivity index (χ0n) is 12.6. The fourth-order valence-electron chi connectivity index (χ4n) is 3.28. The standard InChI is InChI=1S/C17H20FNO3/c1-22-17(21)12-6-8-19(9-7-12)16(20)15-10-14(15)11-2-4-13(18)5-3-11/h2-5,12,14-15H,6-10H2,1H3. The van der Waals surface area contributed by atoms with Gasteiger partial charge in [0.1, 0.15) is 5.82 Å². The van der Waals surface area contributed by atoms with Gasteiger partial charge in [-0.3, -0.25) is 9.59 Å². The fraction of sp³-hybridized carbons (Fsp3) is 0.529. The number of benzene rings is 1. The quantitative estimate of drug-likeness (QED) is 0.805. The van der Waals surface area contributed by atoms with Gasteiger partial charge < -0.3 is 9.64 Å². The number of halogens is 1. The average molecular weight is 305 g/mol. The second kappa shape index (κ2) is 6.07. The van der Waals surface area contributed by atoms with Crippen LogP contribution in [0, 0.1) is 17.7 Å². The zero-order chi connectivity index (χ0) is 15.7. The zero-order valence-corrected chi connectivity index (χ0v) is 12.6. The Balaban J connectivity index is 1.54. The third kappa shape index (κ3) is 2.98. The number of rotatable bonds is 3. The number of hydrogen-bond donors (Lipinski definition) is 0. The van der Waals surface area contributed by atoms with E-state index in [1.165, 1.54) is 19.2 Å². The molecule has 0 N–H and O–H groups in total. The lowest BCUT2D eigenvalue weighted by atomic mass is 9.96. The molecule has 2 unspecified atom stereocenters. The Morgan fingerprint density at radius 1 is 1.18 bits per heavy atom. The summed E-state index contributed by atoms with van der Waals surface area (Å²) < 4.78 is 17.7. The van der Waals surface area contributed by atoms with Crippen LogP contribution in [-0.2, 0) is 14.3 Å². The molecule has 2 fully saturated rings. The molecule has 4 nitrogen and oxygen atoms in total. The van der Waals surface area contributed by atoms with Gasteiger partial charge in [-0.25, -0.2) is 4.39 Å². The first-order valence-electron chi connectivity index (χ1n) is 7.72. The summed E-state index contributed by atoms with van der Waals surface area (Å²) in [5.74, 6) is -0.120. The van der Waals surface area contributed by atoms with Gasteiger partial charge in [0.15, 0.2) is 0 Å². The Bertz CT molecular complexity index is 564. The van der Waals surface area contributed by atoms with Gasteiger partial charge in [0, 0.05) is 19.0 Å². The van der Waals surface area contributed by atoms with Crippen LogP contribution >= 0.6 is 0 Å². The maximum absolute atomic E-state index is 12.9. The second-order valence-electron chi connectivity index (χ2n) is 6.12. The average Bonchev–Trinajstić information content (AvgIpc) is 3.35. The summed E-state index contributed by atoms with van der Waals surface area (Å²) in [6, 6.07) is 6.40. The third-order valence-corrected chi connectivity index (χ3v) is 4.75. The van der Waals surface area contributed by atoms with Crippen molar-refractivity contribution in [3.8, 4) is 0 Å². The van der Waals surface area contributed by atoms with E-state index in [0.717, 1.165) is 12.0 Å². The lowest BCUT2D eigenvalue weighted by Gasteiger charge is -2.31. The van der Waals surface area contributed by atoms with Crippen molar-refractivity contribution in [2.45, 2.75) is 25.2 Å². The number of carbonyl (C=O) groups is 2. The molecule has 0 bridgehead atoms. The van der Waals surface area contributed by atoms with Gasteiger partial charge in [0.2, 0.25) is 5.91 Å². The van der Waals surface area contributed by atoms with Crippen molar-refractivity contribution < 1.29 is 18.7 Å². The first kappa shape index (κ1) is 15.0. The van der Waals surface area contributed by atoms with Gasteiger partial charge in [0.05, 0.1) is 13.0 Å². The molecule has 1 heterocycles. The molecule has 1 aliphatic carbocycles. The summed E-state index contributed by atoms with van der Waals surface area (Å²) in [4.78, 5) is 25.8. The number of piperidine rings is 1. The SMILES string of the molecule is COC(=O)C1CCN(C(=O)C2CC2c2ccc(F)cc2)CC1. The Morgan fingerprint density at radius 3 is 2.41 bits per heavy atom. The highest BCUT2D eigenvalue weighted by atomic mass is 19.1. The molecule has 3 rings (SSSR count). The molecule has 1 amide bonds. The van der Waals surface area contributed by atoms with Crippen molar-refractivity contribution in [1.29, 1.82) is 0 Å². The topological polar surface area (TPSA) is 46.6 Å². The summed E-state index contributed by atoms with van der Waals surface area (Å²) in [7, 11) is 1.40. The lowest BCUT2D eigenvalue weighted by molar-refractivity contribution is -0.149.